The molecule has 0 aliphatic carbocycles. The maximum atomic E-state index is 11.8. The first-order valence-electron chi connectivity index (χ1n) is 9.45. The van der Waals surface area contributed by atoms with Crippen LogP contribution in [0, 0.1) is 0 Å². The molecule has 0 heterocycles. The zero-order chi connectivity index (χ0) is 20.2. The molecule has 2 aromatic carbocycles. The van der Waals surface area contributed by atoms with Crippen LogP contribution in [0.1, 0.15) is 51.4 Å². The van der Waals surface area contributed by atoms with E-state index in [0.29, 0.717) is 34.4 Å². The van der Waals surface area contributed by atoms with Crippen LogP contribution in [-0.4, -0.2) is 11.9 Å². The molecule has 150 valence electrons. The molecule has 6 heteroatoms. The largest absolute Gasteiger partial charge is 0.427 e. The van der Waals surface area contributed by atoms with Crippen LogP contribution >= 0.6 is 23.2 Å². The van der Waals surface area contributed by atoms with Gasteiger partial charge >= 0.3 is 11.9 Å². The Labute approximate surface area is 175 Å². The molecule has 0 saturated carbocycles. The highest BCUT2D eigenvalue weighted by molar-refractivity contribution is 6.30. The van der Waals surface area contributed by atoms with Crippen molar-refractivity contribution in [2.75, 3.05) is 0 Å². The van der Waals surface area contributed by atoms with Crippen molar-refractivity contribution in [3.8, 4) is 11.5 Å². The summed E-state index contributed by atoms with van der Waals surface area (Å²) in [5, 5.41) is 1.22. The Morgan fingerprint density at radius 3 is 1.25 bits per heavy atom. The van der Waals surface area contributed by atoms with Crippen LogP contribution in [0.3, 0.4) is 0 Å². The van der Waals surface area contributed by atoms with E-state index in [-0.39, 0.29) is 11.9 Å². The Kier molecular flexibility index (Phi) is 9.87. The highest BCUT2D eigenvalue weighted by Gasteiger charge is 2.06. The van der Waals surface area contributed by atoms with Crippen molar-refractivity contribution in [3.63, 3.8) is 0 Å². The number of rotatable bonds is 11. The number of carbonyl (C=O) groups excluding carboxylic acids is 2. The van der Waals surface area contributed by atoms with E-state index in [4.69, 9.17) is 32.7 Å². The van der Waals surface area contributed by atoms with Gasteiger partial charge in [-0.3, -0.25) is 9.59 Å². The Morgan fingerprint density at radius 1 is 0.571 bits per heavy atom. The maximum Gasteiger partial charge on any atom is 0.311 e. The van der Waals surface area contributed by atoms with Crippen LogP contribution in [0.4, 0.5) is 0 Å². The van der Waals surface area contributed by atoms with E-state index in [2.05, 4.69) is 0 Å². The number of benzene rings is 2. The van der Waals surface area contributed by atoms with Crippen LogP contribution in [0.25, 0.3) is 0 Å². The lowest BCUT2D eigenvalue weighted by molar-refractivity contribution is -0.135. The monoisotopic (exact) mass is 422 g/mol. The third-order valence-electron chi connectivity index (χ3n) is 4.10. The molecule has 0 saturated heterocycles. The zero-order valence-electron chi connectivity index (χ0n) is 15.7. The van der Waals surface area contributed by atoms with E-state index in [1.165, 1.54) is 0 Å². The highest BCUT2D eigenvalue weighted by Crippen LogP contribution is 2.18. The fraction of sp³-hybridized carbons (Fsp3) is 0.364. The summed E-state index contributed by atoms with van der Waals surface area (Å²) in [5.74, 6) is 0.569. The molecule has 2 rings (SSSR count). The number of esters is 2. The van der Waals surface area contributed by atoms with Crippen molar-refractivity contribution in [2.45, 2.75) is 51.4 Å². The second-order valence-electron chi connectivity index (χ2n) is 6.48. The van der Waals surface area contributed by atoms with Gasteiger partial charge in [-0.25, -0.2) is 0 Å². The third-order valence-corrected chi connectivity index (χ3v) is 4.61. The lowest BCUT2D eigenvalue weighted by Gasteiger charge is -2.05. The topological polar surface area (TPSA) is 52.6 Å². The molecular weight excluding hydrogens is 399 g/mol. The SMILES string of the molecule is O=C(CCCCCCCCC(=O)Oc1ccc(Cl)cc1)Oc1ccc(Cl)cc1. The predicted octanol–water partition coefficient (Wildman–Crippen LogP) is 6.63. The van der Waals surface area contributed by atoms with Gasteiger partial charge in [0, 0.05) is 22.9 Å². The lowest BCUT2D eigenvalue weighted by atomic mass is 10.1. The number of halogens is 2. The molecule has 0 atom stereocenters. The van der Waals surface area contributed by atoms with Gasteiger partial charge in [0.1, 0.15) is 11.5 Å². The van der Waals surface area contributed by atoms with Crippen molar-refractivity contribution < 1.29 is 19.1 Å². The van der Waals surface area contributed by atoms with Crippen LogP contribution in [0.2, 0.25) is 10.0 Å². The van der Waals surface area contributed by atoms with Crippen molar-refractivity contribution in [1.82, 2.24) is 0 Å². The van der Waals surface area contributed by atoms with Gasteiger partial charge in [0.05, 0.1) is 0 Å². The first kappa shape index (κ1) is 22.3. The predicted molar refractivity (Wildman–Crippen MR) is 111 cm³/mol. The molecule has 0 amide bonds. The number of ether oxygens (including phenoxy) is 2. The van der Waals surface area contributed by atoms with Gasteiger partial charge < -0.3 is 9.47 Å². The van der Waals surface area contributed by atoms with Crippen LogP contribution in [0.5, 0.6) is 11.5 Å². The minimum absolute atomic E-state index is 0.229. The van der Waals surface area contributed by atoms with E-state index in [1.54, 1.807) is 48.5 Å². The fourth-order valence-corrected chi connectivity index (χ4v) is 2.87. The number of unbranched alkanes of at least 4 members (excludes halogenated alkanes) is 5. The highest BCUT2D eigenvalue weighted by atomic mass is 35.5. The molecule has 28 heavy (non-hydrogen) atoms. The Hall–Kier alpha value is -2.04. The number of carbonyl (C=O) groups is 2. The Bertz CT molecular complexity index is 677. The number of hydrogen-bond acceptors (Lipinski definition) is 4. The standard InChI is InChI=1S/C22H24Cl2O4/c23-17-9-13-19(14-10-17)27-21(25)7-5-3-1-2-4-6-8-22(26)28-20-15-11-18(24)12-16-20/h9-16H,1-8H2. The van der Waals surface area contributed by atoms with Gasteiger partial charge in [0.25, 0.3) is 0 Å². The van der Waals surface area contributed by atoms with E-state index >= 15 is 0 Å². The van der Waals surface area contributed by atoms with Crippen LogP contribution in [0.15, 0.2) is 48.5 Å². The van der Waals surface area contributed by atoms with Gasteiger partial charge in [-0.1, -0.05) is 48.9 Å². The van der Waals surface area contributed by atoms with E-state index in [1.807, 2.05) is 0 Å². The molecule has 2 aromatic rings. The van der Waals surface area contributed by atoms with Crippen LogP contribution < -0.4 is 9.47 Å². The lowest BCUT2D eigenvalue weighted by Crippen LogP contribution is -2.07. The average Bonchev–Trinajstić information content (AvgIpc) is 2.67. The molecule has 4 nitrogen and oxygen atoms in total. The molecule has 0 aromatic heterocycles. The summed E-state index contributed by atoms with van der Waals surface area (Å²) >= 11 is 11.6. The summed E-state index contributed by atoms with van der Waals surface area (Å²) in [6, 6.07) is 13.5. The van der Waals surface area contributed by atoms with Crippen molar-refractivity contribution in [3.05, 3.63) is 58.6 Å². The average molecular weight is 423 g/mol. The summed E-state index contributed by atoms with van der Waals surface area (Å²) in [4.78, 5) is 23.5. The maximum absolute atomic E-state index is 11.8. The zero-order valence-corrected chi connectivity index (χ0v) is 17.2. The van der Waals surface area contributed by atoms with E-state index in [0.717, 1.165) is 38.5 Å². The molecule has 0 aliphatic rings. The normalized spacial score (nSPS) is 10.5. The van der Waals surface area contributed by atoms with Crippen LogP contribution in [-0.2, 0) is 9.59 Å². The smallest absolute Gasteiger partial charge is 0.311 e. The molecule has 0 aliphatic heterocycles. The minimum atomic E-state index is -0.229. The second-order valence-corrected chi connectivity index (χ2v) is 7.35. The van der Waals surface area contributed by atoms with Gasteiger partial charge in [0.15, 0.2) is 0 Å². The van der Waals surface area contributed by atoms with Crippen molar-refractivity contribution in [1.29, 1.82) is 0 Å². The van der Waals surface area contributed by atoms with E-state index in [9.17, 15) is 9.59 Å². The fourth-order valence-electron chi connectivity index (χ4n) is 2.62. The van der Waals surface area contributed by atoms with Crippen molar-refractivity contribution in [2.24, 2.45) is 0 Å². The summed E-state index contributed by atoms with van der Waals surface area (Å²) < 4.78 is 10.5. The molecule has 0 N–H and O–H groups in total. The summed E-state index contributed by atoms with van der Waals surface area (Å²) in [6.45, 7) is 0. The van der Waals surface area contributed by atoms with Gasteiger partial charge in [-0.15, -0.1) is 0 Å². The molecule has 0 spiro atoms. The molecule has 0 radical (unpaired) electrons. The molecular formula is C22H24Cl2O4. The molecule has 0 unspecified atom stereocenters. The number of hydrogen-bond donors (Lipinski definition) is 0. The van der Waals surface area contributed by atoms with Gasteiger partial charge in [-0.05, 0) is 61.4 Å². The van der Waals surface area contributed by atoms with Gasteiger partial charge in [0.2, 0.25) is 0 Å². The minimum Gasteiger partial charge on any atom is -0.427 e. The van der Waals surface area contributed by atoms with E-state index < -0.39 is 0 Å². The summed E-state index contributed by atoms with van der Waals surface area (Å²) in [5.41, 5.74) is 0. The quantitative estimate of drug-likeness (QED) is 0.231. The Morgan fingerprint density at radius 2 is 0.893 bits per heavy atom. The summed E-state index contributed by atoms with van der Waals surface area (Å²) in [7, 11) is 0. The second kappa shape index (κ2) is 12.4. The third kappa shape index (κ3) is 9.25. The molecule has 0 fully saturated rings. The summed E-state index contributed by atoms with van der Waals surface area (Å²) in [6.07, 6.45) is 6.37. The first-order chi connectivity index (χ1) is 13.5. The Balaban J connectivity index is 1.45. The van der Waals surface area contributed by atoms with Crippen molar-refractivity contribution >= 4 is 35.1 Å². The molecule has 0 bridgehead atoms. The van der Waals surface area contributed by atoms with Gasteiger partial charge in [-0.2, -0.15) is 0 Å². The first-order valence-corrected chi connectivity index (χ1v) is 10.2.